The molecule has 0 atom stereocenters. The second kappa shape index (κ2) is 4.72. The standard InChI is InChI=1S/C13H13ClN2O/c1-9-3-4-10(11(14)7-9)8-13(17)12-5-6-15-16(12)2/h3-7H,8H2,1-2H3. The average molecular weight is 249 g/mol. The molecule has 0 bridgehead atoms. The molecule has 0 N–H and O–H groups in total. The van der Waals surface area contributed by atoms with Crippen molar-refractivity contribution in [3.05, 3.63) is 52.3 Å². The molecule has 1 aromatic carbocycles. The Morgan fingerprint density at radius 1 is 1.41 bits per heavy atom. The zero-order valence-corrected chi connectivity index (χ0v) is 10.5. The Labute approximate surface area is 105 Å². The minimum atomic E-state index is 0.0238. The van der Waals surface area contributed by atoms with Gasteiger partial charge in [0.1, 0.15) is 5.69 Å². The number of carbonyl (C=O) groups excluding carboxylic acids is 1. The number of hydrogen-bond acceptors (Lipinski definition) is 2. The molecule has 3 nitrogen and oxygen atoms in total. The van der Waals surface area contributed by atoms with Gasteiger partial charge < -0.3 is 0 Å². The highest BCUT2D eigenvalue weighted by molar-refractivity contribution is 6.31. The zero-order chi connectivity index (χ0) is 12.4. The van der Waals surface area contributed by atoms with Crippen molar-refractivity contribution in [3.63, 3.8) is 0 Å². The molecule has 4 heteroatoms. The minimum absolute atomic E-state index is 0.0238. The predicted molar refractivity (Wildman–Crippen MR) is 67.4 cm³/mol. The van der Waals surface area contributed by atoms with E-state index in [9.17, 15) is 4.79 Å². The number of benzene rings is 1. The highest BCUT2D eigenvalue weighted by atomic mass is 35.5. The van der Waals surface area contributed by atoms with Crippen molar-refractivity contribution in [2.75, 3.05) is 0 Å². The van der Waals surface area contributed by atoms with Gasteiger partial charge in [0.05, 0.1) is 0 Å². The number of nitrogens with zero attached hydrogens (tertiary/aromatic N) is 2. The second-order valence-corrected chi connectivity index (χ2v) is 4.44. The fraction of sp³-hybridized carbons (Fsp3) is 0.231. The van der Waals surface area contributed by atoms with Crippen molar-refractivity contribution in [3.8, 4) is 0 Å². The van der Waals surface area contributed by atoms with Crippen LogP contribution < -0.4 is 0 Å². The highest BCUT2D eigenvalue weighted by Gasteiger charge is 2.12. The lowest BCUT2D eigenvalue weighted by molar-refractivity contribution is 0.0984. The largest absolute Gasteiger partial charge is 0.292 e. The average Bonchev–Trinajstić information content (AvgIpc) is 2.68. The maximum atomic E-state index is 12.0. The lowest BCUT2D eigenvalue weighted by Gasteiger charge is -2.05. The van der Waals surface area contributed by atoms with Gasteiger partial charge in [0.15, 0.2) is 5.78 Å². The van der Waals surface area contributed by atoms with E-state index in [-0.39, 0.29) is 5.78 Å². The van der Waals surface area contributed by atoms with Crippen LogP contribution in [0.5, 0.6) is 0 Å². The predicted octanol–water partition coefficient (Wildman–Crippen LogP) is 2.81. The topological polar surface area (TPSA) is 34.9 Å². The summed E-state index contributed by atoms with van der Waals surface area (Å²) in [5.41, 5.74) is 2.54. The maximum absolute atomic E-state index is 12.0. The van der Waals surface area contributed by atoms with Crippen LogP contribution in [0.2, 0.25) is 5.02 Å². The summed E-state index contributed by atoms with van der Waals surface area (Å²) in [4.78, 5) is 12.0. The first-order valence-electron chi connectivity index (χ1n) is 5.34. The molecule has 0 aliphatic rings. The van der Waals surface area contributed by atoms with E-state index in [0.29, 0.717) is 17.1 Å². The highest BCUT2D eigenvalue weighted by Crippen LogP contribution is 2.19. The first-order valence-corrected chi connectivity index (χ1v) is 5.72. The summed E-state index contributed by atoms with van der Waals surface area (Å²) in [7, 11) is 1.75. The van der Waals surface area contributed by atoms with E-state index in [4.69, 9.17) is 11.6 Å². The number of hydrogen-bond donors (Lipinski definition) is 0. The molecule has 0 unspecified atom stereocenters. The van der Waals surface area contributed by atoms with Gasteiger partial charge in [0.2, 0.25) is 0 Å². The first kappa shape index (κ1) is 11.9. The Balaban J connectivity index is 2.22. The summed E-state index contributed by atoms with van der Waals surface area (Å²) in [5, 5.41) is 4.62. The third-order valence-electron chi connectivity index (χ3n) is 2.67. The molecule has 88 valence electrons. The van der Waals surface area contributed by atoms with E-state index < -0.39 is 0 Å². The van der Waals surface area contributed by atoms with E-state index >= 15 is 0 Å². The normalized spacial score (nSPS) is 10.5. The molecular formula is C13H13ClN2O. The van der Waals surface area contributed by atoms with Gasteiger partial charge in [-0.05, 0) is 30.2 Å². The van der Waals surface area contributed by atoms with Gasteiger partial charge in [-0.15, -0.1) is 0 Å². The molecule has 0 aliphatic carbocycles. The van der Waals surface area contributed by atoms with Crippen LogP contribution in [0.3, 0.4) is 0 Å². The van der Waals surface area contributed by atoms with Crippen molar-refractivity contribution in [2.45, 2.75) is 13.3 Å². The van der Waals surface area contributed by atoms with Crippen LogP contribution in [0.25, 0.3) is 0 Å². The third-order valence-corrected chi connectivity index (χ3v) is 3.02. The number of ketones is 1. The van der Waals surface area contributed by atoms with Gasteiger partial charge in [-0.1, -0.05) is 23.7 Å². The van der Waals surface area contributed by atoms with Crippen LogP contribution in [0, 0.1) is 6.92 Å². The Hall–Kier alpha value is -1.61. The number of halogens is 1. The van der Waals surface area contributed by atoms with Crippen molar-refractivity contribution >= 4 is 17.4 Å². The Morgan fingerprint density at radius 3 is 2.76 bits per heavy atom. The van der Waals surface area contributed by atoms with Gasteiger partial charge in [-0.25, -0.2) is 0 Å². The number of rotatable bonds is 3. The number of aromatic nitrogens is 2. The Morgan fingerprint density at radius 2 is 2.18 bits per heavy atom. The lowest BCUT2D eigenvalue weighted by atomic mass is 10.1. The third kappa shape index (κ3) is 2.56. The lowest BCUT2D eigenvalue weighted by Crippen LogP contribution is -2.09. The molecule has 2 aromatic rings. The number of aryl methyl sites for hydroxylation is 2. The van der Waals surface area contributed by atoms with Crippen molar-refractivity contribution in [2.24, 2.45) is 7.05 Å². The molecule has 0 saturated heterocycles. The summed E-state index contributed by atoms with van der Waals surface area (Å²) < 4.78 is 1.57. The maximum Gasteiger partial charge on any atom is 0.185 e. The second-order valence-electron chi connectivity index (χ2n) is 4.03. The minimum Gasteiger partial charge on any atom is -0.292 e. The van der Waals surface area contributed by atoms with E-state index in [2.05, 4.69) is 5.10 Å². The van der Waals surface area contributed by atoms with Gasteiger partial charge in [0.25, 0.3) is 0 Å². The summed E-state index contributed by atoms with van der Waals surface area (Å²) in [5.74, 6) is 0.0238. The van der Waals surface area contributed by atoms with Crippen LogP contribution in [-0.4, -0.2) is 15.6 Å². The van der Waals surface area contributed by atoms with Gasteiger partial charge in [-0.3, -0.25) is 9.48 Å². The van der Waals surface area contributed by atoms with Crippen LogP contribution in [0.1, 0.15) is 21.6 Å². The fourth-order valence-corrected chi connectivity index (χ4v) is 2.01. The molecule has 1 aromatic heterocycles. The molecule has 1 heterocycles. The quantitative estimate of drug-likeness (QED) is 0.783. The molecule has 0 amide bonds. The monoisotopic (exact) mass is 248 g/mol. The number of Topliss-reactive ketones (excluding diaryl/α,β-unsaturated/α-hetero) is 1. The van der Waals surface area contributed by atoms with Crippen molar-refractivity contribution in [1.82, 2.24) is 9.78 Å². The van der Waals surface area contributed by atoms with Gasteiger partial charge in [-0.2, -0.15) is 5.10 Å². The molecule has 0 saturated carbocycles. The first-order chi connectivity index (χ1) is 8.08. The smallest absolute Gasteiger partial charge is 0.185 e. The van der Waals surface area contributed by atoms with Gasteiger partial charge in [0, 0.05) is 24.7 Å². The van der Waals surface area contributed by atoms with Gasteiger partial charge >= 0.3 is 0 Å². The zero-order valence-electron chi connectivity index (χ0n) is 9.77. The molecule has 0 radical (unpaired) electrons. The van der Waals surface area contributed by atoms with E-state index in [1.54, 1.807) is 24.0 Å². The molecule has 0 fully saturated rings. The summed E-state index contributed by atoms with van der Waals surface area (Å²) in [6.07, 6.45) is 1.92. The van der Waals surface area contributed by atoms with Crippen LogP contribution >= 0.6 is 11.6 Å². The SMILES string of the molecule is Cc1ccc(CC(=O)c2ccnn2C)c(Cl)c1. The van der Waals surface area contributed by atoms with E-state index in [0.717, 1.165) is 11.1 Å². The van der Waals surface area contributed by atoms with E-state index in [1.807, 2.05) is 25.1 Å². The fourth-order valence-electron chi connectivity index (χ4n) is 1.71. The summed E-state index contributed by atoms with van der Waals surface area (Å²) >= 11 is 6.10. The molecule has 2 rings (SSSR count). The van der Waals surface area contributed by atoms with Crippen molar-refractivity contribution in [1.29, 1.82) is 0 Å². The molecule has 17 heavy (non-hydrogen) atoms. The van der Waals surface area contributed by atoms with Crippen LogP contribution in [0.4, 0.5) is 0 Å². The van der Waals surface area contributed by atoms with Crippen molar-refractivity contribution < 1.29 is 4.79 Å². The Kier molecular flexibility index (Phi) is 3.29. The molecular weight excluding hydrogens is 236 g/mol. The molecule has 0 spiro atoms. The Bertz CT molecular complexity index is 560. The number of carbonyl (C=O) groups is 1. The van der Waals surface area contributed by atoms with Crippen LogP contribution in [0.15, 0.2) is 30.5 Å². The summed E-state index contributed by atoms with van der Waals surface area (Å²) in [6.45, 7) is 1.97. The summed E-state index contributed by atoms with van der Waals surface area (Å²) in [6, 6.07) is 7.43. The van der Waals surface area contributed by atoms with Crippen LogP contribution in [-0.2, 0) is 13.5 Å². The van der Waals surface area contributed by atoms with E-state index in [1.165, 1.54) is 0 Å². The molecule has 0 aliphatic heterocycles.